The van der Waals surface area contributed by atoms with Crippen LogP contribution in [0, 0.1) is 0 Å². The summed E-state index contributed by atoms with van der Waals surface area (Å²) < 4.78 is 2.46. The summed E-state index contributed by atoms with van der Waals surface area (Å²) >= 11 is 0. The molecule has 1 atom stereocenters. The maximum absolute atomic E-state index is 2.55. The molecule has 0 spiro atoms. The van der Waals surface area contributed by atoms with Gasteiger partial charge >= 0.3 is 0 Å². The van der Waals surface area contributed by atoms with E-state index in [2.05, 4.69) is 158 Å². The van der Waals surface area contributed by atoms with Crippen LogP contribution in [0.1, 0.15) is 91.2 Å². The van der Waals surface area contributed by atoms with Crippen LogP contribution in [0.15, 0.2) is 140 Å². The predicted molar refractivity (Wildman–Crippen MR) is 198 cm³/mol. The Labute approximate surface area is 278 Å². The Morgan fingerprint density at radius 1 is 0.553 bits per heavy atom. The monoisotopic (exact) mass is 607 g/mol. The van der Waals surface area contributed by atoms with Crippen LogP contribution in [0.4, 0.5) is 0 Å². The van der Waals surface area contributed by atoms with Gasteiger partial charge in [0.05, 0.1) is 11.0 Å². The molecule has 47 heavy (non-hydrogen) atoms. The number of rotatable bonds is 5. The zero-order chi connectivity index (χ0) is 31.5. The lowest BCUT2D eigenvalue weighted by Gasteiger charge is -2.29. The molecule has 1 nitrogen and oxygen atoms in total. The van der Waals surface area contributed by atoms with Crippen molar-refractivity contribution in [1.82, 2.24) is 4.57 Å². The highest BCUT2D eigenvalue weighted by molar-refractivity contribution is 6.09. The minimum Gasteiger partial charge on any atom is -0.309 e. The fourth-order valence-electron chi connectivity index (χ4n) is 9.03. The van der Waals surface area contributed by atoms with E-state index in [1.54, 1.807) is 5.56 Å². The summed E-state index contributed by atoms with van der Waals surface area (Å²) in [7, 11) is 0. The number of benzene rings is 6. The van der Waals surface area contributed by atoms with Gasteiger partial charge in [-0.05, 0) is 87.5 Å². The van der Waals surface area contributed by atoms with Crippen molar-refractivity contribution in [3.05, 3.63) is 173 Å². The molecule has 0 N–H and O–H groups in total. The highest BCUT2D eigenvalue weighted by Gasteiger charge is 2.36. The summed E-state index contributed by atoms with van der Waals surface area (Å²) in [5.74, 6) is 0.752. The summed E-state index contributed by atoms with van der Waals surface area (Å²) in [4.78, 5) is 0. The van der Waals surface area contributed by atoms with Gasteiger partial charge in [0.15, 0.2) is 0 Å². The van der Waals surface area contributed by atoms with Crippen LogP contribution in [0.5, 0.6) is 0 Å². The normalized spacial score (nSPS) is 16.3. The number of nitrogens with zero attached hydrogens (tertiary/aromatic N) is 1. The number of fused-ring (bicyclic) bond motifs is 6. The van der Waals surface area contributed by atoms with Crippen LogP contribution >= 0.6 is 0 Å². The van der Waals surface area contributed by atoms with E-state index >= 15 is 0 Å². The van der Waals surface area contributed by atoms with Gasteiger partial charge in [0.25, 0.3) is 0 Å². The van der Waals surface area contributed by atoms with Crippen LogP contribution in [0.2, 0.25) is 0 Å². The molecule has 0 bridgehead atoms. The Morgan fingerprint density at radius 2 is 1.21 bits per heavy atom. The Hall–Kier alpha value is -4.88. The molecule has 1 heterocycles. The van der Waals surface area contributed by atoms with E-state index in [9.17, 15) is 0 Å². The minimum absolute atomic E-state index is 0.0426. The third kappa shape index (κ3) is 4.51. The van der Waals surface area contributed by atoms with Gasteiger partial charge in [0, 0.05) is 27.8 Å². The van der Waals surface area contributed by atoms with Gasteiger partial charge in [-0.3, -0.25) is 0 Å². The summed E-state index contributed by atoms with van der Waals surface area (Å²) in [5.41, 5.74) is 15.1. The molecule has 1 heteroatoms. The second kappa shape index (κ2) is 11.1. The number of aromatic nitrogens is 1. The first kappa shape index (κ1) is 28.4. The molecule has 6 aromatic carbocycles. The summed E-state index contributed by atoms with van der Waals surface area (Å²) in [5, 5.41) is 2.60. The first-order chi connectivity index (χ1) is 23.1. The van der Waals surface area contributed by atoms with Crippen LogP contribution in [-0.4, -0.2) is 4.57 Å². The lowest BCUT2D eigenvalue weighted by Crippen LogP contribution is -2.16. The van der Waals surface area contributed by atoms with Gasteiger partial charge < -0.3 is 4.57 Å². The van der Waals surface area contributed by atoms with E-state index in [-0.39, 0.29) is 11.3 Å². The first-order valence-electron chi connectivity index (χ1n) is 17.5. The van der Waals surface area contributed by atoms with E-state index in [1.807, 2.05) is 0 Å². The Kier molecular flexibility index (Phi) is 6.71. The highest BCUT2D eigenvalue weighted by Crippen LogP contribution is 2.50. The van der Waals surface area contributed by atoms with Crippen LogP contribution in [-0.2, 0) is 5.41 Å². The molecule has 230 valence electrons. The number of hydrogen-bond acceptors (Lipinski definition) is 0. The van der Waals surface area contributed by atoms with Gasteiger partial charge in [0.1, 0.15) is 0 Å². The number of hydrogen-bond donors (Lipinski definition) is 0. The van der Waals surface area contributed by atoms with Crippen molar-refractivity contribution in [3.8, 4) is 16.8 Å². The lowest BCUT2D eigenvalue weighted by molar-refractivity contribution is 0.441. The Balaban J connectivity index is 1.30. The van der Waals surface area contributed by atoms with Gasteiger partial charge in [-0.25, -0.2) is 0 Å². The Morgan fingerprint density at radius 3 is 2.09 bits per heavy atom. The molecule has 2 aliphatic carbocycles. The fraction of sp³-hybridized carbons (Fsp3) is 0.217. The third-order valence-corrected chi connectivity index (χ3v) is 11.3. The van der Waals surface area contributed by atoms with Crippen molar-refractivity contribution in [2.75, 3.05) is 0 Å². The van der Waals surface area contributed by atoms with Gasteiger partial charge in [0.2, 0.25) is 0 Å². The summed E-state index contributed by atoms with van der Waals surface area (Å²) in [6.07, 6.45) is 6.61. The smallest absolute Gasteiger partial charge is 0.0544 e. The quantitative estimate of drug-likeness (QED) is 0.172. The van der Waals surface area contributed by atoms with E-state index in [4.69, 9.17) is 0 Å². The number of para-hydroxylation sites is 2. The first-order valence-corrected chi connectivity index (χ1v) is 17.5. The molecule has 1 fully saturated rings. The summed E-state index contributed by atoms with van der Waals surface area (Å²) in [6.45, 7) is 4.80. The molecule has 1 saturated carbocycles. The van der Waals surface area contributed by atoms with Crippen molar-refractivity contribution >= 4 is 21.8 Å². The van der Waals surface area contributed by atoms with E-state index in [0.29, 0.717) is 5.92 Å². The molecule has 9 rings (SSSR count). The SMILES string of the molecule is CC1(C)c2ccccc2-c2ccc(C(c3ccc4c5ccccc5n(-c5ccccc5)c4c3)c3ccccc3C3CCCCC3)cc21. The van der Waals surface area contributed by atoms with Gasteiger partial charge in [-0.1, -0.05) is 148 Å². The molecule has 7 aromatic rings. The zero-order valence-electron chi connectivity index (χ0n) is 27.4. The van der Waals surface area contributed by atoms with E-state index in [1.165, 1.54) is 98.5 Å². The lowest BCUT2D eigenvalue weighted by atomic mass is 9.75. The van der Waals surface area contributed by atoms with Crippen molar-refractivity contribution in [3.63, 3.8) is 0 Å². The molecule has 1 aromatic heterocycles. The van der Waals surface area contributed by atoms with Crippen LogP contribution in [0.25, 0.3) is 38.6 Å². The zero-order valence-corrected chi connectivity index (χ0v) is 27.4. The molecule has 0 amide bonds. The van der Waals surface area contributed by atoms with Crippen LogP contribution < -0.4 is 0 Å². The summed E-state index contributed by atoms with van der Waals surface area (Å²) in [6, 6.07) is 52.8. The largest absolute Gasteiger partial charge is 0.309 e. The second-order valence-corrected chi connectivity index (χ2v) is 14.3. The topological polar surface area (TPSA) is 4.93 Å². The molecule has 0 aliphatic heterocycles. The molecule has 2 aliphatic rings. The maximum Gasteiger partial charge on any atom is 0.0544 e. The highest BCUT2D eigenvalue weighted by atomic mass is 15.0. The average molecular weight is 608 g/mol. The minimum atomic E-state index is -0.0426. The molecule has 0 radical (unpaired) electrons. The molecule has 0 saturated heterocycles. The second-order valence-electron chi connectivity index (χ2n) is 14.3. The van der Waals surface area contributed by atoms with Gasteiger partial charge in [-0.2, -0.15) is 0 Å². The fourth-order valence-corrected chi connectivity index (χ4v) is 9.03. The molecular weight excluding hydrogens is 567 g/mol. The maximum atomic E-state index is 2.55. The standard InChI is InChI=1S/C46H41N/c1-46(2)41-23-13-11-20-36(41)37-27-25-32(29-42(37)46)45(40-22-10-9-19-35(40)31-15-5-3-6-16-31)33-26-28-39-38-21-12-14-24-43(38)47(44(39)30-33)34-17-7-4-8-18-34/h4,7-14,17-31,45H,3,5-6,15-16H2,1-2H3. The third-order valence-electron chi connectivity index (χ3n) is 11.3. The average Bonchev–Trinajstić information content (AvgIpc) is 3.57. The van der Waals surface area contributed by atoms with Crippen LogP contribution in [0.3, 0.4) is 0 Å². The molecule has 1 unspecified atom stereocenters. The van der Waals surface area contributed by atoms with Crippen molar-refractivity contribution in [2.24, 2.45) is 0 Å². The predicted octanol–water partition coefficient (Wildman–Crippen LogP) is 12.3. The van der Waals surface area contributed by atoms with Crippen molar-refractivity contribution < 1.29 is 0 Å². The van der Waals surface area contributed by atoms with Gasteiger partial charge in [-0.15, -0.1) is 0 Å². The van der Waals surface area contributed by atoms with Crippen molar-refractivity contribution in [2.45, 2.75) is 63.2 Å². The molecular formula is C46H41N. The Bertz CT molecular complexity index is 2260. The van der Waals surface area contributed by atoms with Crippen molar-refractivity contribution in [1.29, 1.82) is 0 Å². The van der Waals surface area contributed by atoms with E-state index < -0.39 is 0 Å². The van der Waals surface area contributed by atoms with E-state index in [0.717, 1.165) is 0 Å².